The molecule has 0 radical (unpaired) electrons. The Labute approximate surface area is 144 Å². The molecular weight excluding hydrogens is 324 g/mol. The van der Waals surface area contributed by atoms with E-state index in [1.807, 2.05) is 24.3 Å². The predicted molar refractivity (Wildman–Crippen MR) is 91.1 cm³/mol. The summed E-state index contributed by atoms with van der Waals surface area (Å²) < 4.78 is 10.3. The van der Waals surface area contributed by atoms with Gasteiger partial charge in [0, 0.05) is 19.2 Å². The molecule has 1 aliphatic heterocycles. The average Bonchev–Trinajstić information content (AvgIpc) is 2.65. The van der Waals surface area contributed by atoms with Crippen molar-refractivity contribution in [1.29, 1.82) is 0 Å². The first-order valence-corrected chi connectivity index (χ1v) is 7.81. The maximum absolute atomic E-state index is 12.9. The normalized spacial score (nSPS) is 13.1. The van der Waals surface area contributed by atoms with Crippen LogP contribution in [0, 0.1) is 10.1 Å². The molecule has 0 bridgehead atoms. The summed E-state index contributed by atoms with van der Waals surface area (Å²) in [6.07, 6.45) is 0.725. The lowest BCUT2D eigenvalue weighted by Gasteiger charge is -2.29. The highest BCUT2D eigenvalue weighted by Gasteiger charge is 2.29. The van der Waals surface area contributed by atoms with Crippen molar-refractivity contribution >= 4 is 11.6 Å². The summed E-state index contributed by atoms with van der Waals surface area (Å²) in [5.74, 6) is 0.116. The molecule has 2 aromatic rings. The lowest BCUT2D eigenvalue weighted by Crippen LogP contribution is -2.36. The van der Waals surface area contributed by atoms with Gasteiger partial charge in [0.05, 0.1) is 25.2 Å². The number of fused-ring (bicyclic) bond motifs is 1. The van der Waals surface area contributed by atoms with E-state index in [1.54, 1.807) is 4.90 Å². The zero-order valence-corrected chi connectivity index (χ0v) is 14.0. The van der Waals surface area contributed by atoms with Crippen LogP contribution in [0.2, 0.25) is 0 Å². The summed E-state index contributed by atoms with van der Waals surface area (Å²) >= 11 is 0. The molecular formula is C18H18N2O5. The van der Waals surface area contributed by atoms with Crippen LogP contribution in [0.25, 0.3) is 0 Å². The monoisotopic (exact) mass is 342 g/mol. The van der Waals surface area contributed by atoms with Crippen LogP contribution in [0.3, 0.4) is 0 Å². The minimum absolute atomic E-state index is 0.00188. The molecule has 2 aromatic carbocycles. The topological polar surface area (TPSA) is 81.9 Å². The van der Waals surface area contributed by atoms with Gasteiger partial charge < -0.3 is 14.4 Å². The molecule has 0 atom stereocenters. The van der Waals surface area contributed by atoms with Crippen molar-refractivity contribution in [2.75, 3.05) is 20.8 Å². The Balaban J connectivity index is 1.98. The number of hydrogen-bond donors (Lipinski definition) is 0. The van der Waals surface area contributed by atoms with Crippen LogP contribution in [0.4, 0.5) is 5.69 Å². The summed E-state index contributed by atoms with van der Waals surface area (Å²) in [6.45, 7) is 0.946. The lowest BCUT2D eigenvalue weighted by molar-refractivity contribution is -0.385. The highest BCUT2D eigenvalue weighted by Crippen LogP contribution is 2.35. The number of nitro groups is 1. The average molecular weight is 342 g/mol. The maximum atomic E-state index is 12.9. The van der Waals surface area contributed by atoms with Crippen LogP contribution in [-0.4, -0.2) is 36.5 Å². The molecule has 0 unspecified atom stereocenters. The second-order valence-corrected chi connectivity index (χ2v) is 5.73. The molecule has 0 fully saturated rings. The number of ether oxygens (including phenoxy) is 2. The highest BCUT2D eigenvalue weighted by atomic mass is 16.6. The number of nitro benzene ring substituents is 1. The van der Waals surface area contributed by atoms with Gasteiger partial charge in [-0.05, 0) is 17.5 Å². The number of amides is 1. The first kappa shape index (κ1) is 16.8. The van der Waals surface area contributed by atoms with Crippen LogP contribution in [-0.2, 0) is 13.0 Å². The van der Waals surface area contributed by atoms with Gasteiger partial charge in [-0.1, -0.05) is 24.3 Å². The summed E-state index contributed by atoms with van der Waals surface area (Å²) in [5, 5.41) is 11.4. The van der Waals surface area contributed by atoms with Crippen molar-refractivity contribution < 1.29 is 19.2 Å². The minimum Gasteiger partial charge on any atom is -0.493 e. The Morgan fingerprint density at radius 2 is 1.76 bits per heavy atom. The molecule has 0 saturated heterocycles. The van der Waals surface area contributed by atoms with E-state index < -0.39 is 4.92 Å². The Morgan fingerprint density at radius 3 is 2.40 bits per heavy atom. The quantitative estimate of drug-likeness (QED) is 0.630. The van der Waals surface area contributed by atoms with E-state index in [1.165, 1.54) is 31.9 Å². The molecule has 0 spiro atoms. The molecule has 3 rings (SSSR count). The molecule has 7 nitrogen and oxygen atoms in total. The van der Waals surface area contributed by atoms with Crippen LogP contribution in [0.15, 0.2) is 36.4 Å². The zero-order valence-electron chi connectivity index (χ0n) is 14.0. The molecule has 0 aliphatic carbocycles. The largest absolute Gasteiger partial charge is 0.493 e. The van der Waals surface area contributed by atoms with Crippen molar-refractivity contribution in [1.82, 2.24) is 4.90 Å². The van der Waals surface area contributed by atoms with E-state index in [2.05, 4.69) is 0 Å². The highest BCUT2D eigenvalue weighted by molar-refractivity contribution is 5.99. The van der Waals surface area contributed by atoms with E-state index in [0.717, 1.165) is 12.0 Å². The van der Waals surface area contributed by atoms with Gasteiger partial charge in [0.2, 0.25) is 0 Å². The van der Waals surface area contributed by atoms with Crippen LogP contribution >= 0.6 is 0 Å². The minimum atomic E-state index is -0.576. The molecule has 130 valence electrons. The van der Waals surface area contributed by atoms with E-state index >= 15 is 0 Å². The van der Waals surface area contributed by atoms with Gasteiger partial charge in [-0.3, -0.25) is 14.9 Å². The van der Waals surface area contributed by atoms with Crippen molar-refractivity contribution in [3.63, 3.8) is 0 Å². The van der Waals surface area contributed by atoms with Gasteiger partial charge in [-0.25, -0.2) is 0 Å². The van der Waals surface area contributed by atoms with Gasteiger partial charge in [-0.15, -0.1) is 0 Å². The van der Waals surface area contributed by atoms with E-state index in [4.69, 9.17) is 9.47 Å². The van der Waals surface area contributed by atoms with E-state index in [0.29, 0.717) is 13.1 Å². The fraction of sp³-hybridized carbons (Fsp3) is 0.278. The van der Waals surface area contributed by atoms with Gasteiger partial charge in [0.15, 0.2) is 11.5 Å². The van der Waals surface area contributed by atoms with Gasteiger partial charge in [0.25, 0.3) is 11.6 Å². The number of carbonyl (C=O) groups excluding carboxylic acids is 1. The summed E-state index contributed by atoms with van der Waals surface area (Å²) in [7, 11) is 2.82. The summed E-state index contributed by atoms with van der Waals surface area (Å²) in [5.41, 5.74) is 1.97. The van der Waals surface area contributed by atoms with Gasteiger partial charge >= 0.3 is 0 Å². The third-order valence-electron chi connectivity index (χ3n) is 4.35. The molecule has 1 aliphatic rings. The summed E-state index contributed by atoms with van der Waals surface area (Å²) in [4.78, 5) is 25.4. The van der Waals surface area contributed by atoms with Crippen molar-refractivity contribution in [2.24, 2.45) is 0 Å². The standard InChI is InChI=1S/C18H18N2O5/c1-24-16-9-14(15(20(22)23)10-17(16)25-2)18(21)19-8-7-12-5-3-4-6-13(12)11-19/h3-6,9-10H,7-8,11H2,1-2H3. The number of hydrogen-bond acceptors (Lipinski definition) is 5. The second-order valence-electron chi connectivity index (χ2n) is 5.73. The van der Waals surface area contributed by atoms with Crippen LogP contribution < -0.4 is 9.47 Å². The lowest BCUT2D eigenvalue weighted by atomic mass is 9.99. The van der Waals surface area contributed by atoms with Crippen molar-refractivity contribution in [3.05, 3.63) is 63.2 Å². The predicted octanol–water partition coefficient (Wildman–Crippen LogP) is 2.81. The molecule has 0 aromatic heterocycles. The summed E-state index contributed by atoms with van der Waals surface area (Å²) in [6, 6.07) is 10.5. The number of nitrogens with zero attached hydrogens (tertiary/aromatic N) is 2. The Kier molecular flexibility index (Phi) is 4.56. The third kappa shape index (κ3) is 3.13. The van der Waals surface area contributed by atoms with E-state index in [9.17, 15) is 14.9 Å². The van der Waals surface area contributed by atoms with Gasteiger partial charge in [0.1, 0.15) is 5.56 Å². The fourth-order valence-electron chi connectivity index (χ4n) is 3.03. The number of benzene rings is 2. The smallest absolute Gasteiger partial charge is 0.286 e. The molecule has 0 saturated carbocycles. The molecule has 1 amide bonds. The Morgan fingerprint density at radius 1 is 1.12 bits per heavy atom. The second kappa shape index (κ2) is 6.80. The number of rotatable bonds is 4. The van der Waals surface area contributed by atoms with E-state index in [-0.39, 0.29) is 28.7 Å². The molecule has 0 N–H and O–H groups in total. The van der Waals surface area contributed by atoms with Crippen LogP contribution in [0.1, 0.15) is 21.5 Å². The fourth-order valence-corrected chi connectivity index (χ4v) is 3.03. The Hall–Kier alpha value is -3.09. The molecule has 7 heteroatoms. The molecule has 25 heavy (non-hydrogen) atoms. The maximum Gasteiger partial charge on any atom is 0.286 e. The van der Waals surface area contributed by atoms with Crippen LogP contribution in [0.5, 0.6) is 11.5 Å². The Bertz CT molecular complexity index is 834. The zero-order chi connectivity index (χ0) is 18.0. The van der Waals surface area contributed by atoms with Crippen molar-refractivity contribution in [3.8, 4) is 11.5 Å². The first-order valence-electron chi connectivity index (χ1n) is 7.81. The number of carbonyl (C=O) groups is 1. The SMILES string of the molecule is COc1cc(C(=O)N2CCc3ccccc3C2)c([N+](=O)[O-])cc1OC. The first-order chi connectivity index (χ1) is 12.0. The van der Waals surface area contributed by atoms with Crippen molar-refractivity contribution in [2.45, 2.75) is 13.0 Å². The number of methoxy groups -OCH3 is 2. The third-order valence-corrected chi connectivity index (χ3v) is 4.35. The van der Waals surface area contributed by atoms with Gasteiger partial charge in [-0.2, -0.15) is 0 Å². The molecule has 1 heterocycles.